The molecule has 0 aliphatic rings. The van der Waals surface area contributed by atoms with Gasteiger partial charge in [0.15, 0.2) is 0 Å². The Morgan fingerprint density at radius 1 is 1.44 bits per heavy atom. The van der Waals surface area contributed by atoms with E-state index in [1.807, 2.05) is 0 Å². The van der Waals surface area contributed by atoms with Crippen molar-refractivity contribution in [3.8, 4) is 0 Å². The number of rotatable bonds is 4. The Balaban J connectivity index is 3.15. The smallest absolute Gasteiger partial charge is 0.327 e. The van der Waals surface area contributed by atoms with E-state index in [0.717, 1.165) is 6.07 Å². The summed E-state index contributed by atoms with van der Waals surface area (Å²) in [4.78, 5) is 20.9. The van der Waals surface area contributed by atoms with Gasteiger partial charge in [-0.15, -0.1) is 0 Å². The average molecular weight is 259 g/mol. The van der Waals surface area contributed by atoms with Crippen LogP contribution in [0.1, 0.15) is 6.92 Å². The number of amides is 1. The van der Waals surface area contributed by atoms with E-state index in [0.29, 0.717) is 6.07 Å². The number of nitro groups is 1. The minimum Gasteiger partial charge on any atom is -0.368 e. The normalized spacial score (nSPS) is 11.8. The molecule has 18 heavy (non-hydrogen) atoms. The van der Waals surface area contributed by atoms with Crippen LogP contribution in [0.4, 0.5) is 20.2 Å². The van der Waals surface area contributed by atoms with Crippen LogP contribution in [0.2, 0.25) is 0 Å². The van der Waals surface area contributed by atoms with Crippen LogP contribution in [0.15, 0.2) is 12.1 Å². The number of benzene rings is 1. The second-order valence-corrected chi connectivity index (χ2v) is 3.52. The number of nitrogens with zero attached hydrogens (tertiary/aromatic N) is 1. The summed E-state index contributed by atoms with van der Waals surface area (Å²) >= 11 is 0. The van der Waals surface area contributed by atoms with Crippen molar-refractivity contribution >= 4 is 17.3 Å². The van der Waals surface area contributed by atoms with Crippen LogP contribution in [-0.4, -0.2) is 23.9 Å². The fourth-order valence-electron chi connectivity index (χ4n) is 1.38. The average Bonchev–Trinajstić information content (AvgIpc) is 2.26. The maximum atomic E-state index is 13.3. The summed E-state index contributed by atoms with van der Waals surface area (Å²) in [7, 11) is 1.38. The van der Waals surface area contributed by atoms with E-state index < -0.39 is 34.2 Å². The maximum Gasteiger partial charge on any atom is 0.327 e. The third-order valence-corrected chi connectivity index (χ3v) is 2.22. The van der Waals surface area contributed by atoms with Crippen LogP contribution in [0.3, 0.4) is 0 Å². The van der Waals surface area contributed by atoms with Gasteiger partial charge in [0, 0.05) is 19.2 Å². The highest BCUT2D eigenvalue weighted by Crippen LogP contribution is 2.29. The molecule has 8 heteroatoms. The Morgan fingerprint density at radius 3 is 2.56 bits per heavy atom. The first-order valence-electron chi connectivity index (χ1n) is 4.98. The zero-order valence-electron chi connectivity index (χ0n) is 9.66. The largest absolute Gasteiger partial charge is 0.368 e. The lowest BCUT2D eigenvalue weighted by Crippen LogP contribution is -2.35. The lowest BCUT2D eigenvalue weighted by Gasteiger charge is -2.13. The summed E-state index contributed by atoms with van der Waals surface area (Å²) in [6.45, 7) is 1.41. The van der Waals surface area contributed by atoms with Crippen LogP contribution in [-0.2, 0) is 4.79 Å². The van der Waals surface area contributed by atoms with Gasteiger partial charge in [-0.3, -0.25) is 14.9 Å². The third kappa shape index (κ3) is 2.90. The van der Waals surface area contributed by atoms with E-state index in [1.165, 1.54) is 14.0 Å². The fraction of sp³-hybridized carbons (Fsp3) is 0.300. The Morgan fingerprint density at radius 2 is 2.06 bits per heavy atom. The van der Waals surface area contributed by atoms with Gasteiger partial charge in [-0.1, -0.05) is 0 Å². The number of nitrogens with one attached hydrogen (secondary N) is 2. The molecule has 1 rings (SSSR count). The van der Waals surface area contributed by atoms with Crippen molar-refractivity contribution in [3.63, 3.8) is 0 Å². The molecule has 1 unspecified atom stereocenters. The summed E-state index contributed by atoms with van der Waals surface area (Å²) in [6, 6.07) is 0.309. The van der Waals surface area contributed by atoms with Crippen LogP contribution in [0.25, 0.3) is 0 Å². The molecule has 6 nitrogen and oxygen atoms in total. The van der Waals surface area contributed by atoms with Crippen molar-refractivity contribution in [2.45, 2.75) is 13.0 Å². The molecule has 1 amide bonds. The topological polar surface area (TPSA) is 84.3 Å². The van der Waals surface area contributed by atoms with Gasteiger partial charge >= 0.3 is 5.69 Å². The molecule has 0 aromatic heterocycles. The minimum absolute atomic E-state index is 0.381. The predicted molar refractivity (Wildman–Crippen MR) is 60.2 cm³/mol. The molecule has 0 spiro atoms. The minimum atomic E-state index is -1.30. The molecule has 0 aliphatic carbocycles. The van der Waals surface area contributed by atoms with E-state index in [1.54, 1.807) is 0 Å². The van der Waals surface area contributed by atoms with Gasteiger partial charge in [-0.2, -0.15) is 4.39 Å². The Kier molecular flexibility index (Phi) is 4.13. The number of hydrogen-bond donors (Lipinski definition) is 2. The number of nitro benzene ring substituents is 1. The van der Waals surface area contributed by atoms with Crippen molar-refractivity contribution in [2.24, 2.45) is 0 Å². The van der Waals surface area contributed by atoms with E-state index in [2.05, 4.69) is 10.6 Å². The highest BCUT2D eigenvalue weighted by atomic mass is 19.1. The van der Waals surface area contributed by atoms with E-state index >= 15 is 0 Å². The summed E-state index contributed by atoms with van der Waals surface area (Å²) in [5.74, 6) is -2.73. The Hall–Kier alpha value is -2.25. The number of carbonyl (C=O) groups excluding carboxylic acids is 1. The molecule has 0 saturated carbocycles. The molecule has 1 aromatic carbocycles. The Labute approximate surface area is 101 Å². The van der Waals surface area contributed by atoms with Crippen molar-refractivity contribution in [2.75, 3.05) is 12.4 Å². The van der Waals surface area contributed by atoms with Gasteiger partial charge in [0.25, 0.3) is 0 Å². The highest BCUT2D eigenvalue weighted by molar-refractivity contribution is 5.84. The number of hydrogen-bond acceptors (Lipinski definition) is 4. The third-order valence-electron chi connectivity index (χ3n) is 2.22. The predicted octanol–water partition coefficient (Wildman–Crippen LogP) is 1.42. The second-order valence-electron chi connectivity index (χ2n) is 3.52. The zero-order chi connectivity index (χ0) is 13.9. The summed E-state index contributed by atoms with van der Waals surface area (Å²) in [6.07, 6.45) is 0. The second kappa shape index (κ2) is 5.39. The molecular formula is C10H11F2N3O3. The van der Waals surface area contributed by atoms with Gasteiger partial charge in [-0.05, 0) is 6.92 Å². The van der Waals surface area contributed by atoms with Gasteiger partial charge in [0.2, 0.25) is 11.7 Å². The molecule has 0 radical (unpaired) electrons. The van der Waals surface area contributed by atoms with Crippen molar-refractivity contribution in [1.82, 2.24) is 5.32 Å². The monoisotopic (exact) mass is 259 g/mol. The van der Waals surface area contributed by atoms with Gasteiger partial charge in [0.05, 0.1) is 4.92 Å². The molecule has 0 aliphatic heterocycles. The number of carbonyl (C=O) groups is 1. The molecule has 2 N–H and O–H groups in total. The first-order valence-corrected chi connectivity index (χ1v) is 4.98. The number of anilines is 1. The molecule has 0 fully saturated rings. The molecule has 1 atom stereocenters. The van der Waals surface area contributed by atoms with Gasteiger partial charge in [-0.25, -0.2) is 4.39 Å². The van der Waals surface area contributed by atoms with Gasteiger partial charge < -0.3 is 10.6 Å². The SMILES string of the molecule is CNC(=O)C(C)Nc1cc(F)cc(F)c1[N+](=O)[O-]. The summed E-state index contributed by atoms with van der Waals surface area (Å²) in [5, 5.41) is 15.4. The summed E-state index contributed by atoms with van der Waals surface area (Å²) < 4.78 is 26.3. The number of halogens is 2. The van der Waals surface area contributed by atoms with Crippen LogP contribution in [0.5, 0.6) is 0 Å². The van der Waals surface area contributed by atoms with Crippen LogP contribution >= 0.6 is 0 Å². The zero-order valence-corrected chi connectivity index (χ0v) is 9.66. The standard InChI is InChI=1S/C10H11F2N3O3/c1-5(10(16)13-2)14-8-4-6(11)3-7(12)9(8)15(17)18/h3-5,14H,1-2H3,(H,13,16). The van der Waals surface area contributed by atoms with E-state index in [4.69, 9.17) is 0 Å². The van der Waals surface area contributed by atoms with Crippen molar-refractivity contribution in [3.05, 3.63) is 33.9 Å². The molecule has 1 aromatic rings. The lowest BCUT2D eigenvalue weighted by molar-refractivity contribution is -0.386. The van der Waals surface area contributed by atoms with Crippen LogP contribution in [0, 0.1) is 21.7 Å². The van der Waals surface area contributed by atoms with E-state index in [-0.39, 0.29) is 5.69 Å². The molecule has 98 valence electrons. The quantitative estimate of drug-likeness (QED) is 0.632. The van der Waals surface area contributed by atoms with Gasteiger partial charge in [0.1, 0.15) is 17.5 Å². The van der Waals surface area contributed by atoms with Crippen molar-refractivity contribution < 1.29 is 18.5 Å². The Bertz CT molecular complexity index is 494. The lowest BCUT2D eigenvalue weighted by atomic mass is 10.2. The molecular weight excluding hydrogens is 248 g/mol. The molecule has 0 heterocycles. The van der Waals surface area contributed by atoms with Crippen LogP contribution < -0.4 is 10.6 Å². The van der Waals surface area contributed by atoms with E-state index in [9.17, 15) is 23.7 Å². The first kappa shape index (κ1) is 13.8. The number of likely N-dealkylation sites (N-methyl/N-ethyl adjacent to an activating group) is 1. The molecule has 0 bridgehead atoms. The first-order chi connectivity index (χ1) is 8.36. The maximum absolute atomic E-state index is 13.3. The highest BCUT2D eigenvalue weighted by Gasteiger charge is 2.24. The molecule has 0 saturated heterocycles. The summed E-state index contributed by atoms with van der Waals surface area (Å²) in [5.41, 5.74) is -1.28. The van der Waals surface area contributed by atoms with Crippen molar-refractivity contribution in [1.29, 1.82) is 0 Å². The fourth-order valence-corrected chi connectivity index (χ4v) is 1.38.